The van der Waals surface area contributed by atoms with Gasteiger partial charge in [-0.1, -0.05) is 18.2 Å². The minimum Gasteiger partial charge on any atom is -0.494 e. The average molecular weight is 451 g/mol. The van der Waals surface area contributed by atoms with Crippen LogP contribution in [-0.4, -0.2) is 55.1 Å². The number of hydrogen-bond donors (Lipinski definition) is 1. The van der Waals surface area contributed by atoms with Crippen LogP contribution in [0.1, 0.15) is 26.5 Å². The van der Waals surface area contributed by atoms with Gasteiger partial charge in [-0.3, -0.25) is 9.69 Å². The molecular formula is C25H30N4O2S. The van der Waals surface area contributed by atoms with Crippen LogP contribution in [0.15, 0.2) is 60.8 Å². The first-order valence-corrected chi connectivity index (χ1v) is 11.9. The van der Waals surface area contributed by atoms with E-state index < -0.39 is 0 Å². The minimum absolute atomic E-state index is 0.00619. The number of nitrogens with zero attached hydrogens (tertiary/aromatic N) is 3. The zero-order valence-corrected chi connectivity index (χ0v) is 19.3. The molecule has 4 rings (SSSR count). The highest BCUT2D eigenvalue weighted by molar-refractivity contribution is 7.13. The summed E-state index contributed by atoms with van der Waals surface area (Å²) in [6.45, 7) is 8.21. The Labute approximate surface area is 193 Å². The van der Waals surface area contributed by atoms with Gasteiger partial charge in [-0.25, -0.2) is 4.98 Å². The van der Waals surface area contributed by atoms with Crippen LogP contribution >= 0.6 is 11.3 Å². The molecule has 1 aliphatic heterocycles. The van der Waals surface area contributed by atoms with Crippen LogP contribution in [0, 0.1) is 6.92 Å². The molecule has 6 nitrogen and oxygen atoms in total. The number of benzene rings is 1. The van der Waals surface area contributed by atoms with Gasteiger partial charge in [0.25, 0.3) is 5.91 Å². The van der Waals surface area contributed by atoms with Crippen LogP contribution in [0.4, 0.5) is 5.82 Å². The van der Waals surface area contributed by atoms with E-state index in [1.807, 2.05) is 49.5 Å². The fourth-order valence-corrected chi connectivity index (χ4v) is 4.52. The molecule has 0 bridgehead atoms. The summed E-state index contributed by atoms with van der Waals surface area (Å²) in [4.78, 5) is 23.2. The highest BCUT2D eigenvalue weighted by Gasteiger charge is 2.17. The summed E-state index contributed by atoms with van der Waals surface area (Å²) < 4.78 is 5.83. The number of piperazine rings is 1. The third kappa shape index (κ3) is 6.31. The van der Waals surface area contributed by atoms with Crippen LogP contribution < -0.4 is 15.0 Å². The molecule has 32 heavy (non-hydrogen) atoms. The lowest BCUT2D eigenvalue weighted by Gasteiger charge is -2.35. The molecule has 3 aromatic rings. The van der Waals surface area contributed by atoms with Crippen molar-refractivity contribution in [3.8, 4) is 5.75 Å². The van der Waals surface area contributed by atoms with Crippen molar-refractivity contribution in [1.82, 2.24) is 15.2 Å². The number of pyridine rings is 1. The van der Waals surface area contributed by atoms with Crippen LogP contribution in [0.25, 0.3) is 0 Å². The zero-order valence-electron chi connectivity index (χ0n) is 18.5. The Kier molecular flexibility index (Phi) is 7.74. The summed E-state index contributed by atoms with van der Waals surface area (Å²) in [6.07, 6.45) is 2.63. The summed E-state index contributed by atoms with van der Waals surface area (Å²) in [5, 5.41) is 2.95. The Morgan fingerprint density at radius 2 is 1.88 bits per heavy atom. The molecule has 0 radical (unpaired) electrons. The predicted octanol–water partition coefficient (Wildman–Crippen LogP) is 3.97. The minimum atomic E-state index is -0.00619. The molecule has 0 atom stereocenters. The Morgan fingerprint density at radius 3 is 2.56 bits per heavy atom. The van der Waals surface area contributed by atoms with Gasteiger partial charge in [0, 0.05) is 50.3 Å². The second-order valence-corrected chi connectivity index (χ2v) is 9.25. The largest absolute Gasteiger partial charge is 0.494 e. The number of carbonyl (C=O) groups is 1. The molecule has 1 saturated heterocycles. The molecule has 1 amide bonds. The topological polar surface area (TPSA) is 57.7 Å². The molecule has 1 aromatic carbocycles. The van der Waals surface area contributed by atoms with E-state index in [1.54, 1.807) is 0 Å². The van der Waals surface area contributed by atoms with E-state index in [1.165, 1.54) is 16.9 Å². The fraction of sp³-hybridized carbons (Fsp3) is 0.360. The smallest absolute Gasteiger partial charge is 0.261 e. The van der Waals surface area contributed by atoms with Crippen molar-refractivity contribution in [2.75, 3.05) is 44.2 Å². The second-order valence-electron chi connectivity index (χ2n) is 7.96. The lowest BCUT2D eigenvalue weighted by molar-refractivity contribution is 0.0955. The van der Waals surface area contributed by atoms with Gasteiger partial charge in [0.1, 0.15) is 11.6 Å². The van der Waals surface area contributed by atoms with E-state index in [0.717, 1.165) is 60.5 Å². The van der Waals surface area contributed by atoms with Crippen LogP contribution in [0.2, 0.25) is 0 Å². The number of amides is 1. The maximum atomic E-state index is 12.0. The maximum absolute atomic E-state index is 12.0. The molecule has 1 N–H and O–H groups in total. The van der Waals surface area contributed by atoms with Crippen molar-refractivity contribution in [3.63, 3.8) is 0 Å². The molecular weight excluding hydrogens is 420 g/mol. The first-order valence-electron chi connectivity index (χ1n) is 11.1. The van der Waals surface area contributed by atoms with Crippen LogP contribution in [-0.2, 0) is 6.54 Å². The lowest BCUT2D eigenvalue weighted by atomic mass is 10.2. The second kappa shape index (κ2) is 11.1. The van der Waals surface area contributed by atoms with Crippen LogP contribution in [0.5, 0.6) is 5.75 Å². The number of ether oxygens (including phenoxy) is 1. The normalized spacial score (nSPS) is 14.3. The van der Waals surface area contributed by atoms with Crippen LogP contribution in [0.3, 0.4) is 0 Å². The number of aryl methyl sites for hydroxylation is 1. The molecule has 3 heterocycles. The average Bonchev–Trinajstić information content (AvgIpc) is 3.27. The van der Waals surface area contributed by atoms with Gasteiger partial charge >= 0.3 is 0 Å². The van der Waals surface area contributed by atoms with E-state index in [4.69, 9.17) is 4.74 Å². The lowest BCUT2D eigenvalue weighted by Crippen LogP contribution is -2.46. The summed E-state index contributed by atoms with van der Waals surface area (Å²) in [5.74, 6) is 1.93. The summed E-state index contributed by atoms with van der Waals surface area (Å²) >= 11 is 1.52. The molecule has 7 heteroatoms. The third-order valence-corrected chi connectivity index (χ3v) is 6.51. The van der Waals surface area contributed by atoms with Crippen molar-refractivity contribution in [2.24, 2.45) is 0 Å². The highest BCUT2D eigenvalue weighted by atomic mass is 32.1. The fourth-order valence-electron chi connectivity index (χ4n) is 3.73. The number of aromatic nitrogens is 1. The number of rotatable bonds is 9. The van der Waals surface area contributed by atoms with Gasteiger partial charge in [-0.05, 0) is 55.3 Å². The van der Waals surface area contributed by atoms with Crippen molar-refractivity contribution in [1.29, 1.82) is 0 Å². The van der Waals surface area contributed by atoms with E-state index in [2.05, 4.69) is 38.3 Å². The monoisotopic (exact) mass is 450 g/mol. The third-order valence-electron chi connectivity index (χ3n) is 5.51. The Hall–Kier alpha value is -2.90. The number of thiophene rings is 1. The zero-order chi connectivity index (χ0) is 22.2. The SMILES string of the molecule is Cc1ccc(C(=O)NCCCOc2ccc(CN3CCN(c4ccccn4)CC3)cc2)s1. The van der Waals surface area contributed by atoms with E-state index >= 15 is 0 Å². The van der Waals surface area contributed by atoms with Gasteiger partial charge in [-0.15, -0.1) is 11.3 Å². The van der Waals surface area contributed by atoms with Crippen molar-refractivity contribution in [2.45, 2.75) is 19.9 Å². The summed E-state index contributed by atoms with van der Waals surface area (Å²) in [7, 11) is 0. The van der Waals surface area contributed by atoms with E-state index in [0.29, 0.717) is 13.2 Å². The number of carbonyl (C=O) groups excluding carboxylic acids is 1. The van der Waals surface area contributed by atoms with Crippen molar-refractivity contribution < 1.29 is 9.53 Å². The number of nitrogens with one attached hydrogen (secondary N) is 1. The Morgan fingerprint density at radius 1 is 1.06 bits per heavy atom. The van der Waals surface area contributed by atoms with Crippen molar-refractivity contribution in [3.05, 3.63) is 76.1 Å². The first-order chi connectivity index (χ1) is 15.7. The predicted molar refractivity (Wildman–Crippen MR) is 130 cm³/mol. The van der Waals surface area contributed by atoms with Gasteiger partial charge in [0.05, 0.1) is 11.5 Å². The molecule has 2 aromatic heterocycles. The quantitative estimate of drug-likeness (QED) is 0.500. The standard InChI is InChI=1S/C25H30N4O2S/c1-20-6-11-23(32-20)25(30)27-13-4-18-31-22-9-7-21(8-10-22)19-28-14-16-29(17-15-28)24-5-2-3-12-26-24/h2-3,5-12H,4,13-19H2,1H3,(H,27,30). The molecule has 0 saturated carbocycles. The van der Waals surface area contributed by atoms with E-state index in [-0.39, 0.29) is 5.91 Å². The Bertz CT molecular complexity index is 983. The van der Waals surface area contributed by atoms with Gasteiger partial charge in [-0.2, -0.15) is 0 Å². The molecule has 1 fully saturated rings. The molecule has 168 valence electrons. The summed E-state index contributed by atoms with van der Waals surface area (Å²) in [5.41, 5.74) is 1.29. The Balaban J connectivity index is 1.13. The summed E-state index contributed by atoms with van der Waals surface area (Å²) in [6, 6.07) is 18.3. The highest BCUT2D eigenvalue weighted by Crippen LogP contribution is 2.17. The first kappa shape index (κ1) is 22.3. The molecule has 0 spiro atoms. The van der Waals surface area contributed by atoms with Gasteiger partial charge in [0.15, 0.2) is 0 Å². The molecule has 0 unspecified atom stereocenters. The number of hydrogen-bond acceptors (Lipinski definition) is 6. The van der Waals surface area contributed by atoms with E-state index in [9.17, 15) is 4.79 Å². The van der Waals surface area contributed by atoms with Gasteiger partial charge in [0.2, 0.25) is 0 Å². The molecule has 1 aliphatic rings. The maximum Gasteiger partial charge on any atom is 0.261 e. The van der Waals surface area contributed by atoms with Gasteiger partial charge < -0.3 is 15.0 Å². The van der Waals surface area contributed by atoms with Crippen molar-refractivity contribution >= 4 is 23.1 Å². The number of anilines is 1. The molecule has 0 aliphatic carbocycles.